The number of nitro benzene ring substituents is 1. The Morgan fingerprint density at radius 2 is 1.59 bits per heavy atom. The molecule has 1 amide bonds. The lowest BCUT2D eigenvalue weighted by atomic mass is 9.97. The molecule has 2 aromatic carbocycles. The van der Waals surface area contributed by atoms with Crippen LogP contribution < -0.4 is 4.90 Å². The van der Waals surface area contributed by atoms with Gasteiger partial charge in [0.05, 0.1) is 15.7 Å². The summed E-state index contributed by atoms with van der Waals surface area (Å²) < 4.78 is 27.4. The smallest absolute Gasteiger partial charge is 0.269 e. The number of piperazine rings is 1. The molecule has 0 saturated carbocycles. The van der Waals surface area contributed by atoms with Gasteiger partial charge in [0.15, 0.2) is 0 Å². The van der Waals surface area contributed by atoms with Gasteiger partial charge >= 0.3 is 0 Å². The van der Waals surface area contributed by atoms with E-state index < -0.39 is 14.9 Å². The molecule has 0 radical (unpaired) electrons. The van der Waals surface area contributed by atoms with Crippen molar-refractivity contribution < 1.29 is 18.1 Å². The fraction of sp³-hybridized carbons (Fsp3) is 0.409. The second-order valence-corrected chi connectivity index (χ2v) is 10.0. The molecule has 2 aliphatic heterocycles. The van der Waals surface area contributed by atoms with Crippen molar-refractivity contribution in [2.24, 2.45) is 5.92 Å². The van der Waals surface area contributed by atoms with Gasteiger partial charge in [0.25, 0.3) is 5.69 Å². The number of hydrogen-bond donors (Lipinski definition) is 0. The van der Waals surface area contributed by atoms with Crippen LogP contribution in [-0.4, -0.2) is 67.7 Å². The number of amides is 1. The number of nitro groups is 1. The molecule has 2 heterocycles. The number of rotatable bonds is 5. The SMILES string of the molecule is O=C([C@@H]1CCCN(S(=O)(=O)c2ccc([N+](=O)[O-])cc2)C1)N1CCN(c2ccccc2)CC1. The normalized spacial score (nSPS) is 20.2. The van der Waals surface area contributed by atoms with Crippen LogP contribution in [-0.2, 0) is 14.8 Å². The molecule has 0 N–H and O–H groups in total. The van der Waals surface area contributed by atoms with Crippen molar-refractivity contribution in [3.05, 3.63) is 64.7 Å². The summed E-state index contributed by atoms with van der Waals surface area (Å²) in [6.07, 6.45) is 1.26. The van der Waals surface area contributed by atoms with Gasteiger partial charge in [0.1, 0.15) is 0 Å². The minimum atomic E-state index is -3.81. The first-order valence-corrected chi connectivity index (χ1v) is 12.1. The van der Waals surface area contributed by atoms with Gasteiger partial charge < -0.3 is 9.80 Å². The molecule has 170 valence electrons. The summed E-state index contributed by atoms with van der Waals surface area (Å²) in [4.78, 5) is 27.5. The Labute approximate surface area is 187 Å². The van der Waals surface area contributed by atoms with Gasteiger partial charge in [-0.25, -0.2) is 8.42 Å². The number of para-hydroxylation sites is 1. The number of hydrogen-bond acceptors (Lipinski definition) is 6. The predicted molar refractivity (Wildman–Crippen MR) is 120 cm³/mol. The summed E-state index contributed by atoms with van der Waals surface area (Å²) in [5.74, 6) is -0.374. The van der Waals surface area contributed by atoms with Crippen LogP contribution in [0, 0.1) is 16.0 Å². The fourth-order valence-corrected chi connectivity index (χ4v) is 5.86. The first-order valence-electron chi connectivity index (χ1n) is 10.7. The van der Waals surface area contributed by atoms with Gasteiger partial charge in [-0.15, -0.1) is 0 Å². The number of nitrogens with zero attached hydrogens (tertiary/aromatic N) is 4. The van der Waals surface area contributed by atoms with Crippen LogP contribution in [0.3, 0.4) is 0 Å². The van der Waals surface area contributed by atoms with Gasteiger partial charge in [-0.05, 0) is 37.1 Å². The van der Waals surface area contributed by atoms with E-state index in [0.717, 1.165) is 18.8 Å². The second-order valence-electron chi connectivity index (χ2n) is 8.10. The molecular weight excluding hydrogens is 432 g/mol. The summed E-state index contributed by atoms with van der Waals surface area (Å²) >= 11 is 0. The van der Waals surface area contributed by atoms with Crippen molar-refractivity contribution in [2.45, 2.75) is 17.7 Å². The van der Waals surface area contributed by atoms with Crippen molar-refractivity contribution in [3.8, 4) is 0 Å². The van der Waals surface area contributed by atoms with E-state index in [4.69, 9.17) is 0 Å². The van der Waals surface area contributed by atoms with E-state index in [1.54, 1.807) is 0 Å². The number of sulfonamides is 1. The van der Waals surface area contributed by atoms with Crippen molar-refractivity contribution in [3.63, 3.8) is 0 Å². The first kappa shape index (κ1) is 22.2. The standard InChI is InChI=1S/C22H26N4O5S/c27-22(24-15-13-23(14-16-24)19-6-2-1-3-7-19)18-5-4-12-25(17-18)32(30,31)21-10-8-20(9-11-21)26(28)29/h1-3,6-11,18H,4-5,12-17H2/t18-/m1/s1. The summed E-state index contributed by atoms with van der Waals surface area (Å²) in [5, 5.41) is 10.8. The van der Waals surface area contributed by atoms with Crippen molar-refractivity contribution in [1.82, 2.24) is 9.21 Å². The number of piperidine rings is 1. The zero-order valence-corrected chi connectivity index (χ0v) is 18.5. The molecule has 32 heavy (non-hydrogen) atoms. The average Bonchev–Trinajstić information content (AvgIpc) is 2.84. The maximum absolute atomic E-state index is 13.1. The highest BCUT2D eigenvalue weighted by molar-refractivity contribution is 7.89. The van der Waals surface area contributed by atoms with Gasteiger partial charge in [-0.2, -0.15) is 4.31 Å². The highest BCUT2D eigenvalue weighted by Crippen LogP contribution is 2.27. The Balaban J connectivity index is 1.39. The Bertz CT molecular complexity index is 1070. The molecule has 2 aliphatic rings. The third kappa shape index (κ3) is 4.61. The maximum atomic E-state index is 13.1. The monoisotopic (exact) mass is 458 g/mol. The van der Waals surface area contributed by atoms with Crippen LogP contribution >= 0.6 is 0 Å². The van der Waals surface area contributed by atoms with Crippen LogP contribution in [0.2, 0.25) is 0 Å². The summed E-state index contributed by atoms with van der Waals surface area (Å²) in [6, 6.07) is 15.0. The third-order valence-electron chi connectivity index (χ3n) is 6.13. The van der Waals surface area contributed by atoms with Crippen LogP contribution in [0.1, 0.15) is 12.8 Å². The summed E-state index contributed by atoms with van der Waals surface area (Å²) in [5.41, 5.74) is 0.975. The molecular formula is C22H26N4O5S. The second kappa shape index (κ2) is 9.25. The Morgan fingerprint density at radius 3 is 2.22 bits per heavy atom. The van der Waals surface area contributed by atoms with Gasteiger partial charge in [-0.3, -0.25) is 14.9 Å². The van der Waals surface area contributed by atoms with Crippen molar-refractivity contribution in [1.29, 1.82) is 0 Å². The highest BCUT2D eigenvalue weighted by atomic mass is 32.2. The average molecular weight is 459 g/mol. The summed E-state index contributed by atoms with van der Waals surface area (Å²) in [6.45, 7) is 3.18. The molecule has 4 rings (SSSR count). The van der Waals surface area contributed by atoms with E-state index in [2.05, 4.69) is 17.0 Å². The molecule has 0 spiro atoms. The van der Waals surface area contributed by atoms with E-state index in [-0.39, 0.29) is 29.0 Å². The lowest BCUT2D eigenvalue weighted by molar-refractivity contribution is -0.384. The third-order valence-corrected chi connectivity index (χ3v) is 8.01. The van der Waals surface area contributed by atoms with E-state index in [0.29, 0.717) is 32.5 Å². The molecule has 1 atom stereocenters. The summed E-state index contributed by atoms with van der Waals surface area (Å²) in [7, 11) is -3.81. The number of non-ortho nitro benzene ring substituents is 1. The first-order chi connectivity index (χ1) is 15.4. The fourth-order valence-electron chi connectivity index (χ4n) is 4.33. The van der Waals surface area contributed by atoms with Crippen LogP contribution in [0.4, 0.5) is 11.4 Å². The van der Waals surface area contributed by atoms with Crippen LogP contribution in [0.5, 0.6) is 0 Å². The highest BCUT2D eigenvalue weighted by Gasteiger charge is 2.36. The topological polar surface area (TPSA) is 104 Å². The van der Waals surface area contributed by atoms with Crippen molar-refractivity contribution in [2.75, 3.05) is 44.2 Å². The molecule has 2 aromatic rings. The minimum Gasteiger partial charge on any atom is -0.368 e. The van der Waals surface area contributed by atoms with Crippen molar-refractivity contribution >= 4 is 27.3 Å². The van der Waals surface area contributed by atoms with E-state index in [1.807, 2.05) is 23.1 Å². The van der Waals surface area contributed by atoms with E-state index >= 15 is 0 Å². The maximum Gasteiger partial charge on any atom is 0.269 e. The van der Waals surface area contributed by atoms with Gasteiger partial charge in [-0.1, -0.05) is 18.2 Å². The number of benzene rings is 2. The molecule has 10 heteroatoms. The zero-order valence-electron chi connectivity index (χ0n) is 17.7. The largest absolute Gasteiger partial charge is 0.368 e. The van der Waals surface area contributed by atoms with E-state index in [1.165, 1.54) is 28.6 Å². The Hall–Kier alpha value is -2.98. The van der Waals surface area contributed by atoms with Gasteiger partial charge in [0.2, 0.25) is 15.9 Å². The lowest BCUT2D eigenvalue weighted by Gasteiger charge is -2.39. The van der Waals surface area contributed by atoms with Crippen LogP contribution in [0.15, 0.2) is 59.5 Å². The number of carbonyl (C=O) groups is 1. The number of anilines is 1. The lowest BCUT2D eigenvalue weighted by Crippen LogP contribution is -2.53. The molecule has 0 aliphatic carbocycles. The molecule has 2 fully saturated rings. The molecule has 0 unspecified atom stereocenters. The van der Waals surface area contributed by atoms with Crippen LogP contribution in [0.25, 0.3) is 0 Å². The van der Waals surface area contributed by atoms with E-state index in [9.17, 15) is 23.3 Å². The molecule has 0 aromatic heterocycles. The Morgan fingerprint density at radius 1 is 0.938 bits per heavy atom. The molecule has 0 bridgehead atoms. The van der Waals surface area contributed by atoms with Gasteiger partial charge in [0, 0.05) is 57.1 Å². The molecule has 2 saturated heterocycles. The molecule has 9 nitrogen and oxygen atoms in total. The quantitative estimate of drug-likeness (QED) is 0.503. The zero-order chi connectivity index (χ0) is 22.7. The number of carbonyl (C=O) groups excluding carboxylic acids is 1. The Kier molecular flexibility index (Phi) is 6.43. The minimum absolute atomic E-state index is 0.00121. The predicted octanol–water partition coefficient (Wildman–Crippen LogP) is 2.34.